The number of rotatable bonds is 11. The van der Waals surface area contributed by atoms with Gasteiger partial charge in [-0.05, 0) is 88.9 Å². The lowest BCUT2D eigenvalue weighted by Gasteiger charge is -2.37. The zero-order chi connectivity index (χ0) is 46.8. The zero-order valence-electron chi connectivity index (χ0n) is 36.5. The van der Waals surface area contributed by atoms with Crippen LogP contribution in [0.15, 0.2) is 116 Å². The zero-order valence-corrected chi connectivity index (χ0v) is 37.3. The van der Waals surface area contributed by atoms with E-state index in [0.717, 1.165) is 40.7 Å². The van der Waals surface area contributed by atoms with Crippen molar-refractivity contribution in [3.05, 3.63) is 159 Å². The van der Waals surface area contributed by atoms with Gasteiger partial charge in [-0.25, -0.2) is 23.8 Å². The maximum atomic E-state index is 17.4. The monoisotopic (exact) mass is 908 g/mol. The van der Waals surface area contributed by atoms with E-state index >= 15 is 4.39 Å². The van der Waals surface area contributed by atoms with Crippen molar-refractivity contribution in [2.24, 2.45) is 0 Å². The summed E-state index contributed by atoms with van der Waals surface area (Å²) in [6.45, 7) is 11.2. The van der Waals surface area contributed by atoms with Crippen LogP contribution < -0.4 is 4.90 Å². The molecule has 338 valence electrons. The van der Waals surface area contributed by atoms with Gasteiger partial charge in [0.1, 0.15) is 22.9 Å². The van der Waals surface area contributed by atoms with Crippen LogP contribution in [-0.2, 0) is 29.3 Å². The number of nitro benzene ring substituents is 1. The molecule has 2 amide bonds. The fraction of sp³-hybridized carbons (Fsp3) is 0.319. The molecular formula is C47H46ClFN6O10. The quantitative estimate of drug-likeness (QED) is 0.0299. The van der Waals surface area contributed by atoms with Crippen LogP contribution >= 0.6 is 11.6 Å². The smallest absolute Gasteiger partial charge is 0.425 e. The number of amides is 2. The Labute approximate surface area is 378 Å². The largest absolute Gasteiger partial charge is 0.453 e. The minimum atomic E-state index is -2.16. The number of imidazole rings is 1. The molecule has 4 aromatic carbocycles. The number of esters is 1. The van der Waals surface area contributed by atoms with E-state index < -0.39 is 75.6 Å². The summed E-state index contributed by atoms with van der Waals surface area (Å²) in [5.41, 5.74) is -0.936. The van der Waals surface area contributed by atoms with Gasteiger partial charge in [-0.1, -0.05) is 90.5 Å². The molecule has 0 bridgehead atoms. The number of halogens is 2. The lowest BCUT2D eigenvalue weighted by molar-refractivity contribution is -0.384. The SMILES string of the molecule is Cc1ccc(C(OC[C@H]2O[C@@H](n3cnc4c(N(C(=O)OC(C)(C)C)C(=O)OC(C)(C)C)nc(Cl)nc43)[C@@H](F)[C@H]2OC(=O)c2ccc([N+](=O)[O-])cc2)(c2ccccc2)c2ccccc2)cc1. The summed E-state index contributed by atoms with van der Waals surface area (Å²) in [5.74, 6) is -1.42. The summed E-state index contributed by atoms with van der Waals surface area (Å²) in [5, 5.41) is 10.9. The number of benzene rings is 4. The Kier molecular flexibility index (Phi) is 13.0. The molecule has 1 saturated heterocycles. The Morgan fingerprint density at radius 1 is 0.815 bits per heavy atom. The normalized spacial score (nSPS) is 17.7. The maximum Gasteiger partial charge on any atom is 0.425 e. The average molecular weight is 909 g/mol. The predicted molar refractivity (Wildman–Crippen MR) is 236 cm³/mol. The molecule has 0 spiro atoms. The molecule has 1 aliphatic heterocycles. The van der Waals surface area contributed by atoms with Gasteiger partial charge in [0.25, 0.3) is 5.69 Å². The summed E-state index contributed by atoms with van der Waals surface area (Å²) >= 11 is 6.46. The number of ether oxygens (including phenoxy) is 5. The minimum Gasteiger partial charge on any atom is -0.453 e. The van der Waals surface area contributed by atoms with Crippen molar-refractivity contribution < 1.29 is 47.4 Å². The number of hydrogen-bond donors (Lipinski definition) is 0. The van der Waals surface area contributed by atoms with Crippen LogP contribution in [0.5, 0.6) is 0 Å². The van der Waals surface area contributed by atoms with Gasteiger partial charge in [0.15, 0.2) is 35.5 Å². The van der Waals surface area contributed by atoms with E-state index in [4.69, 9.17) is 35.3 Å². The second kappa shape index (κ2) is 18.3. The number of aromatic nitrogens is 4. The van der Waals surface area contributed by atoms with Crippen molar-refractivity contribution in [3.8, 4) is 0 Å². The van der Waals surface area contributed by atoms with E-state index in [2.05, 4.69) is 15.0 Å². The van der Waals surface area contributed by atoms with Crippen LogP contribution in [0.4, 0.5) is 25.5 Å². The van der Waals surface area contributed by atoms with Crippen molar-refractivity contribution in [1.82, 2.24) is 19.5 Å². The van der Waals surface area contributed by atoms with Gasteiger partial charge < -0.3 is 23.7 Å². The van der Waals surface area contributed by atoms with Crippen LogP contribution in [-0.4, -0.2) is 78.8 Å². The molecule has 0 aliphatic carbocycles. The number of alkyl halides is 1. The van der Waals surface area contributed by atoms with Crippen molar-refractivity contribution in [1.29, 1.82) is 0 Å². The Bertz CT molecular complexity index is 2620. The van der Waals surface area contributed by atoms with E-state index in [-0.39, 0.29) is 29.0 Å². The molecule has 16 nitrogen and oxygen atoms in total. The first-order chi connectivity index (χ1) is 30.8. The maximum absolute atomic E-state index is 17.4. The van der Waals surface area contributed by atoms with Crippen LogP contribution in [0, 0.1) is 17.0 Å². The Balaban J connectivity index is 1.32. The average Bonchev–Trinajstić information content (AvgIpc) is 3.80. The third kappa shape index (κ3) is 9.96. The number of nitro groups is 1. The van der Waals surface area contributed by atoms with Gasteiger partial charge in [0, 0.05) is 12.1 Å². The second-order valence-corrected chi connectivity index (χ2v) is 17.5. The first kappa shape index (κ1) is 46.2. The molecule has 6 aromatic rings. The van der Waals surface area contributed by atoms with Gasteiger partial charge in [-0.15, -0.1) is 0 Å². The fourth-order valence-electron chi connectivity index (χ4n) is 7.28. The third-order valence-electron chi connectivity index (χ3n) is 10.1. The molecule has 0 saturated carbocycles. The molecular weight excluding hydrogens is 863 g/mol. The molecule has 3 heterocycles. The summed E-state index contributed by atoms with van der Waals surface area (Å²) in [6, 6.07) is 31.3. The van der Waals surface area contributed by atoms with E-state index in [1.807, 2.05) is 91.9 Å². The number of carbonyl (C=O) groups excluding carboxylic acids is 3. The van der Waals surface area contributed by atoms with Gasteiger partial charge in [0.2, 0.25) is 5.28 Å². The van der Waals surface area contributed by atoms with Crippen molar-refractivity contribution >= 4 is 52.4 Å². The van der Waals surface area contributed by atoms with Crippen molar-refractivity contribution in [3.63, 3.8) is 0 Å². The number of fused-ring (bicyclic) bond motifs is 1. The molecule has 18 heteroatoms. The topological polar surface area (TPSA) is 187 Å². The van der Waals surface area contributed by atoms with Crippen molar-refractivity contribution in [2.45, 2.75) is 89.9 Å². The molecule has 0 radical (unpaired) electrons. The highest BCUT2D eigenvalue weighted by Crippen LogP contribution is 2.43. The predicted octanol–water partition coefficient (Wildman–Crippen LogP) is 9.84. The molecule has 1 fully saturated rings. The van der Waals surface area contributed by atoms with E-state index in [0.29, 0.717) is 4.90 Å². The summed E-state index contributed by atoms with van der Waals surface area (Å²) in [4.78, 5) is 65.2. The number of aryl methyl sites for hydroxylation is 1. The number of anilines is 1. The first-order valence-corrected chi connectivity index (χ1v) is 20.9. The summed E-state index contributed by atoms with van der Waals surface area (Å²) < 4.78 is 49.1. The number of imide groups is 1. The molecule has 7 rings (SSSR count). The number of hydrogen-bond acceptors (Lipinski definition) is 13. The standard InChI is InChI=1S/C47H46ClFN6O10/c1-28-18-22-32(23-19-28)47(30-14-10-8-11-15-30,31-16-12-9-13-17-31)61-26-34-37(63-41(56)29-20-24-33(25-21-29)55(59)60)35(49)40(62-34)53-27-50-36-38(53)51-42(48)52-39(36)54(43(57)64-45(2,3)4)44(58)65-46(5,6)7/h8-25,27,34-35,37,40H,26H2,1-7H3/t34-,35+,37+,40-/m1/s1. The van der Waals surface area contributed by atoms with Gasteiger partial charge in [-0.3, -0.25) is 14.7 Å². The lowest BCUT2D eigenvalue weighted by Crippen LogP contribution is -2.44. The third-order valence-corrected chi connectivity index (χ3v) is 10.3. The van der Waals surface area contributed by atoms with E-state index in [1.54, 1.807) is 41.5 Å². The second-order valence-electron chi connectivity index (χ2n) is 17.2. The van der Waals surface area contributed by atoms with Crippen LogP contribution in [0.25, 0.3) is 11.2 Å². The minimum absolute atomic E-state index is 0.0879. The highest BCUT2D eigenvalue weighted by Gasteiger charge is 2.51. The molecule has 2 aromatic heterocycles. The molecule has 1 aliphatic rings. The number of non-ortho nitro benzene ring substituents is 1. The Hall–Kier alpha value is -6.82. The van der Waals surface area contributed by atoms with Gasteiger partial charge in [-0.2, -0.15) is 14.9 Å². The fourth-order valence-corrected chi connectivity index (χ4v) is 7.44. The highest BCUT2D eigenvalue weighted by molar-refractivity contribution is 6.29. The van der Waals surface area contributed by atoms with Crippen molar-refractivity contribution in [2.75, 3.05) is 11.5 Å². The molecule has 4 atom stereocenters. The van der Waals surface area contributed by atoms with Crippen LogP contribution in [0.2, 0.25) is 5.28 Å². The van der Waals surface area contributed by atoms with Crippen LogP contribution in [0.1, 0.15) is 80.4 Å². The number of carbonyl (C=O) groups is 3. The highest BCUT2D eigenvalue weighted by atomic mass is 35.5. The molecule has 65 heavy (non-hydrogen) atoms. The van der Waals surface area contributed by atoms with Crippen LogP contribution in [0.3, 0.4) is 0 Å². The lowest BCUT2D eigenvalue weighted by atomic mass is 9.79. The van der Waals surface area contributed by atoms with E-state index in [1.165, 1.54) is 16.7 Å². The number of nitrogens with zero attached hydrogens (tertiary/aromatic N) is 6. The summed E-state index contributed by atoms with van der Waals surface area (Å²) in [7, 11) is 0. The van der Waals surface area contributed by atoms with E-state index in [9.17, 15) is 24.5 Å². The Morgan fingerprint density at radius 3 is 1.88 bits per heavy atom. The summed E-state index contributed by atoms with van der Waals surface area (Å²) in [6.07, 6.45) is -7.97. The first-order valence-electron chi connectivity index (χ1n) is 20.5. The molecule has 0 unspecified atom stereocenters. The molecule has 0 N–H and O–H groups in total. The Morgan fingerprint density at radius 2 is 1.35 bits per heavy atom. The van der Waals surface area contributed by atoms with Gasteiger partial charge in [0.05, 0.1) is 23.4 Å². The van der Waals surface area contributed by atoms with Gasteiger partial charge >= 0.3 is 18.2 Å².